The number of rotatable bonds is 4. The van der Waals surface area contributed by atoms with Crippen molar-refractivity contribution in [2.45, 2.75) is 50.7 Å². The smallest absolute Gasteiger partial charge is 0.243 e. The van der Waals surface area contributed by atoms with Crippen molar-refractivity contribution in [2.75, 3.05) is 5.32 Å². The highest BCUT2D eigenvalue weighted by molar-refractivity contribution is 7.85. The summed E-state index contributed by atoms with van der Waals surface area (Å²) in [6.45, 7) is 9.16. The van der Waals surface area contributed by atoms with Crippen LogP contribution in [0.1, 0.15) is 40.2 Å². The van der Waals surface area contributed by atoms with Gasteiger partial charge in [-0.05, 0) is 52.3 Å². The van der Waals surface area contributed by atoms with E-state index in [4.69, 9.17) is 5.73 Å². The zero-order valence-electron chi connectivity index (χ0n) is 12.8. The minimum Gasteiger partial charge on any atom is -0.325 e. The molecule has 5 heteroatoms. The molecule has 1 unspecified atom stereocenters. The summed E-state index contributed by atoms with van der Waals surface area (Å²) in [6, 6.07) is 7.39. The summed E-state index contributed by atoms with van der Waals surface area (Å²) in [4.78, 5) is 11.8. The van der Waals surface area contributed by atoms with Crippen LogP contribution in [0.2, 0.25) is 0 Å². The molecule has 20 heavy (non-hydrogen) atoms. The Morgan fingerprint density at radius 3 is 2.35 bits per heavy atom. The van der Waals surface area contributed by atoms with Gasteiger partial charge in [0.15, 0.2) is 0 Å². The highest BCUT2D eigenvalue weighted by Gasteiger charge is 2.22. The van der Waals surface area contributed by atoms with Gasteiger partial charge in [-0.2, -0.15) is 0 Å². The average molecular weight is 296 g/mol. The fourth-order valence-corrected chi connectivity index (χ4v) is 2.31. The number of nitrogens with two attached hydrogens (primary N) is 1. The SMILES string of the molecule is CC(C)(N)C(=O)Nc1cccc(CS(=O)C(C)(C)C)c1. The zero-order chi connectivity index (χ0) is 15.6. The normalized spacial score (nSPS) is 13.9. The summed E-state index contributed by atoms with van der Waals surface area (Å²) in [5, 5.41) is 2.77. The number of hydrogen-bond acceptors (Lipinski definition) is 3. The van der Waals surface area contributed by atoms with E-state index in [9.17, 15) is 9.00 Å². The summed E-state index contributed by atoms with van der Waals surface area (Å²) in [5.74, 6) is 0.228. The molecule has 1 atom stereocenters. The van der Waals surface area contributed by atoms with Gasteiger partial charge in [0.1, 0.15) is 0 Å². The lowest BCUT2D eigenvalue weighted by molar-refractivity contribution is -0.120. The summed E-state index contributed by atoms with van der Waals surface area (Å²) in [7, 11) is -0.964. The number of nitrogens with one attached hydrogen (secondary N) is 1. The van der Waals surface area contributed by atoms with E-state index >= 15 is 0 Å². The largest absolute Gasteiger partial charge is 0.325 e. The number of anilines is 1. The van der Waals surface area contributed by atoms with Crippen molar-refractivity contribution >= 4 is 22.4 Å². The molecular weight excluding hydrogens is 272 g/mol. The van der Waals surface area contributed by atoms with E-state index < -0.39 is 16.3 Å². The van der Waals surface area contributed by atoms with Crippen molar-refractivity contribution in [3.8, 4) is 0 Å². The second-order valence-electron chi connectivity index (χ2n) is 6.48. The predicted octanol–water partition coefficient (Wildman–Crippen LogP) is 2.41. The summed E-state index contributed by atoms with van der Waals surface area (Å²) < 4.78 is 11.9. The van der Waals surface area contributed by atoms with Gasteiger partial charge in [0.2, 0.25) is 5.91 Å². The molecule has 1 aromatic rings. The number of carbonyl (C=O) groups excluding carboxylic acids is 1. The molecule has 0 spiro atoms. The molecule has 112 valence electrons. The molecule has 0 aromatic heterocycles. The third-order valence-corrected chi connectivity index (χ3v) is 4.71. The Kier molecular flexibility index (Phi) is 5.10. The molecule has 0 aliphatic carbocycles. The van der Waals surface area contributed by atoms with Gasteiger partial charge in [-0.25, -0.2) is 0 Å². The lowest BCUT2D eigenvalue weighted by atomic mass is 10.1. The Balaban J connectivity index is 2.82. The fraction of sp³-hybridized carbons (Fsp3) is 0.533. The Hall–Kier alpha value is -1.20. The van der Waals surface area contributed by atoms with E-state index in [0.717, 1.165) is 5.56 Å². The second-order valence-corrected chi connectivity index (χ2v) is 8.68. The van der Waals surface area contributed by atoms with Gasteiger partial charge in [-0.15, -0.1) is 0 Å². The Morgan fingerprint density at radius 2 is 1.85 bits per heavy atom. The van der Waals surface area contributed by atoms with Crippen LogP contribution in [0.15, 0.2) is 24.3 Å². The summed E-state index contributed by atoms with van der Waals surface area (Å²) in [5.41, 5.74) is 6.43. The first-order valence-electron chi connectivity index (χ1n) is 6.58. The van der Waals surface area contributed by atoms with E-state index in [1.54, 1.807) is 19.9 Å². The van der Waals surface area contributed by atoms with Crippen LogP contribution in [0, 0.1) is 0 Å². The number of carbonyl (C=O) groups is 1. The maximum atomic E-state index is 12.1. The molecule has 1 rings (SSSR count). The predicted molar refractivity (Wildman–Crippen MR) is 84.9 cm³/mol. The highest BCUT2D eigenvalue weighted by atomic mass is 32.2. The third-order valence-electron chi connectivity index (χ3n) is 2.75. The van der Waals surface area contributed by atoms with E-state index in [0.29, 0.717) is 11.4 Å². The first-order chi connectivity index (χ1) is 9.00. The van der Waals surface area contributed by atoms with Crippen LogP contribution >= 0.6 is 0 Å². The number of amides is 1. The van der Waals surface area contributed by atoms with Crippen LogP contribution in [0.5, 0.6) is 0 Å². The maximum absolute atomic E-state index is 12.1. The maximum Gasteiger partial charge on any atom is 0.243 e. The van der Waals surface area contributed by atoms with Crippen molar-refractivity contribution < 1.29 is 9.00 Å². The third kappa shape index (κ3) is 5.06. The fourth-order valence-electron chi connectivity index (χ4n) is 1.40. The van der Waals surface area contributed by atoms with Crippen LogP contribution in [-0.2, 0) is 21.3 Å². The molecule has 0 saturated heterocycles. The Labute approximate surface area is 123 Å². The van der Waals surface area contributed by atoms with Crippen LogP contribution in [0.4, 0.5) is 5.69 Å². The van der Waals surface area contributed by atoms with Crippen molar-refractivity contribution in [3.05, 3.63) is 29.8 Å². The average Bonchev–Trinajstić information content (AvgIpc) is 2.26. The minimum atomic E-state index is -0.964. The van der Waals surface area contributed by atoms with Gasteiger partial charge in [0.25, 0.3) is 0 Å². The second kappa shape index (κ2) is 6.06. The molecule has 0 aliphatic heterocycles. The molecule has 0 fully saturated rings. The first-order valence-corrected chi connectivity index (χ1v) is 7.90. The Morgan fingerprint density at radius 1 is 1.25 bits per heavy atom. The standard InChI is InChI=1S/C15H24N2O2S/c1-14(2,3)20(19)10-11-7-6-8-12(9-11)17-13(18)15(4,5)16/h6-9H,10,16H2,1-5H3,(H,17,18). The molecule has 0 aliphatic rings. The molecule has 1 amide bonds. The molecule has 0 radical (unpaired) electrons. The molecule has 1 aromatic carbocycles. The van der Waals surface area contributed by atoms with Gasteiger partial charge >= 0.3 is 0 Å². The Bertz CT molecular complexity index is 470. The number of hydrogen-bond donors (Lipinski definition) is 2. The molecule has 0 heterocycles. The quantitative estimate of drug-likeness (QED) is 0.896. The van der Waals surface area contributed by atoms with Crippen molar-refractivity contribution in [1.82, 2.24) is 0 Å². The minimum absolute atomic E-state index is 0.244. The van der Waals surface area contributed by atoms with E-state index in [-0.39, 0.29) is 10.7 Å². The van der Waals surface area contributed by atoms with E-state index in [1.807, 2.05) is 39.0 Å². The van der Waals surface area contributed by atoms with Crippen molar-refractivity contribution in [3.63, 3.8) is 0 Å². The zero-order valence-corrected chi connectivity index (χ0v) is 13.6. The van der Waals surface area contributed by atoms with Crippen LogP contribution in [0.3, 0.4) is 0 Å². The van der Waals surface area contributed by atoms with Crippen molar-refractivity contribution in [1.29, 1.82) is 0 Å². The first kappa shape index (κ1) is 16.9. The summed E-state index contributed by atoms with van der Waals surface area (Å²) in [6.07, 6.45) is 0. The molecule has 0 bridgehead atoms. The molecule has 4 nitrogen and oxygen atoms in total. The topological polar surface area (TPSA) is 72.2 Å². The lowest BCUT2D eigenvalue weighted by Crippen LogP contribution is -2.45. The highest BCUT2D eigenvalue weighted by Crippen LogP contribution is 2.19. The lowest BCUT2D eigenvalue weighted by Gasteiger charge is -2.19. The molecular formula is C15H24N2O2S. The van der Waals surface area contributed by atoms with Crippen LogP contribution in [-0.4, -0.2) is 20.4 Å². The monoisotopic (exact) mass is 296 g/mol. The van der Waals surface area contributed by atoms with Gasteiger partial charge in [-0.1, -0.05) is 12.1 Å². The molecule has 0 saturated carbocycles. The van der Waals surface area contributed by atoms with E-state index in [1.165, 1.54) is 0 Å². The van der Waals surface area contributed by atoms with Gasteiger partial charge in [0, 0.05) is 27.0 Å². The van der Waals surface area contributed by atoms with Gasteiger partial charge < -0.3 is 11.1 Å². The van der Waals surface area contributed by atoms with Crippen LogP contribution < -0.4 is 11.1 Å². The number of benzene rings is 1. The summed E-state index contributed by atoms with van der Waals surface area (Å²) >= 11 is 0. The van der Waals surface area contributed by atoms with Gasteiger partial charge in [0.05, 0.1) is 5.54 Å². The van der Waals surface area contributed by atoms with Crippen molar-refractivity contribution in [2.24, 2.45) is 5.73 Å². The van der Waals surface area contributed by atoms with Crippen LogP contribution in [0.25, 0.3) is 0 Å². The molecule has 3 N–H and O–H groups in total. The van der Waals surface area contributed by atoms with E-state index in [2.05, 4.69) is 5.32 Å². The van der Waals surface area contributed by atoms with Gasteiger partial charge in [-0.3, -0.25) is 9.00 Å².